The molecule has 1 N–H and O–H groups in total. The summed E-state index contributed by atoms with van der Waals surface area (Å²) in [6, 6.07) is 14.7. The summed E-state index contributed by atoms with van der Waals surface area (Å²) >= 11 is 5.81. The van der Waals surface area contributed by atoms with Crippen molar-refractivity contribution >= 4 is 17.6 Å². The predicted molar refractivity (Wildman–Crippen MR) is 87.6 cm³/mol. The van der Waals surface area contributed by atoms with E-state index in [2.05, 4.69) is 6.92 Å². The Morgan fingerprint density at radius 3 is 2.23 bits per heavy atom. The molecule has 0 heterocycles. The van der Waals surface area contributed by atoms with Gasteiger partial charge in [-0.3, -0.25) is 0 Å². The van der Waals surface area contributed by atoms with Crippen LogP contribution in [0.5, 0.6) is 5.75 Å². The van der Waals surface area contributed by atoms with E-state index in [4.69, 9.17) is 16.3 Å². The summed E-state index contributed by atoms with van der Waals surface area (Å²) in [6.45, 7) is 2.13. The zero-order valence-electron chi connectivity index (χ0n) is 12.5. The molecule has 0 aromatic heterocycles. The lowest BCUT2D eigenvalue weighted by atomic mass is 10.0. The molecule has 2 aromatic carbocycles. The fourth-order valence-electron chi connectivity index (χ4n) is 2.20. The number of hydrogen-bond acceptors (Lipinski definition) is 2. The number of carboxylic acids is 1. The molecule has 0 aliphatic rings. The number of benzene rings is 2. The van der Waals surface area contributed by atoms with Crippen LogP contribution in [-0.4, -0.2) is 17.2 Å². The fourth-order valence-corrected chi connectivity index (χ4v) is 2.33. The summed E-state index contributed by atoms with van der Waals surface area (Å²) in [5, 5.41) is 9.93. The summed E-state index contributed by atoms with van der Waals surface area (Å²) in [7, 11) is 0. The van der Waals surface area contributed by atoms with Gasteiger partial charge in [-0.2, -0.15) is 0 Å². The minimum atomic E-state index is -0.979. The molecule has 1 atom stereocenters. The van der Waals surface area contributed by atoms with Crippen molar-refractivity contribution in [2.45, 2.75) is 32.3 Å². The van der Waals surface area contributed by atoms with Gasteiger partial charge in [0.25, 0.3) is 0 Å². The van der Waals surface area contributed by atoms with E-state index in [1.807, 2.05) is 24.3 Å². The Hall–Kier alpha value is -2.00. The van der Waals surface area contributed by atoms with Gasteiger partial charge in [0.1, 0.15) is 5.75 Å². The van der Waals surface area contributed by atoms with Crippen LogP contribution in [0, 0.1) is 0 Å². The molecule has 0 saturated carbocycles. The van der Waals surface area contributed by atoms with Crippen molar-refractivity contribution in [2.75, 3.05) is 0 Å². The molecule has 0 aliphatic carbocycles. The molecule has 3 nitrogen and oxygen atoms in total. The molecule has 2 aromatic rings. The van der Waals surface area contributed by atoms with E-state index in [1.165, 1.54) is 5.56 Å². The van der Waals surface area contributed by atoms with Gasteiger partial charge >= 0.3 is 5.97 Å². The van der Waals surface area contributed by atoms with Gasteiger partial charge in [0.2, 0.25) is 0 Å². The van der Waals surface area contributed by atoms with E-state index < -0.39 is 12.1 Å². The molecule has 22 heavy (non-hydrogen) atoms. The predicted octanol–water partition coefficient (Wildman–Crippen LogP) is 4.37. The SMILES string of the molecule is CCCc1ccc(CC(Oc2ccc(Cl)cc2)C(=O)O)cc1. The standard InChI is InChI=1S/C18H19ClO3/c1-2-3-13-4-6-14(7-5-13)12-17(18(20)21)22-16-10-8-15(19)9-11-16/h4-11,17H,2-3,12H2,1H3,(H,20,21). The van der Waals surface area contributed by atoms with Gasteiger partial charge in [-0.25, -0.2) is 4.79 Å². The van der Waals surface area contributed by atoms with E-state index >= 15 is 0 Å². The first kappa shape index (κ1) is 16.4. The molecule has 0 aliphatic heterocycles. The van der Waals surface area contributed by atoms with Crippen LogP contribution in [0.3, 0.4) is 0 Å². The average Bonchev–Trinajstić information content (AvgIpc) is 2.51. The second-order valence-corrected chi connectivity index (χ2v) is 5.61. The highest BCUT2D eigenvalue weighted by atomic mass is 35.5. The third-order valence-electron chi connectivity index (χ3n) is 3.35. The second-order valence-electron chi connectivity index (χ2n) is 5.17. The Labute approximate surface area is 135 Å². The van der Waals surface area contributed by atoms with E-state index in [-0.39, 0.29) is 0 Å². The van der Waals surface area contributed by atoms with Crippen molar-refractivity contribution in [3.8, 4) is 5.75 Å². The third kappa shape index (κ3) is 4.78. The minimum Gasteiger partial charge on any atom is -0.478 e. The van der Waals surface area contributed by atoms with Crippen LogP contribution in [0.25, 0.3) is 0 Å². The van der Waals surface area contributed by atoms with Gasteiger partial charge in [-0.05, 0) is 41.8 Å². The first-order valence-electron chi connectivity index (χ1n) is 7.31. The lowest BCUT2D eigenvalue weighted by molar-refractivity contribution is -0.145. The number of hydrogen-bond donors (Lipinski definition) is 1. The second kappa shape index (κ2) is 7.85. The highest BCUT2D eigenvalue weighted by molar-refractivity contribution is 6.30. The Bertz CT molecular complexity index is 605. The van der Waals surface area contributed by atoms with E-state index in [0.29, 0.717) is 17.2 Å². The Balaban J connectivity index is 2.05. The molecule has 0 fully saturated rings. The van der Waals surface area contributed by atoms with Crippen molar-refractivity contribution in [3.63, 3.8) is 0 Å². The number of carboxylic acid groups (broad SMARTS) is 1. The summed E-state index contributed by atoms with van der Waals surface area (Å²) in [5.74, 6) is -0.480. The Kier molecular flexibility index (Phi) is 5.84. The molecule has 0 saturated heterocycles. The number of aliphatic carboxylic acids is 1. The molecule has 1 unspecified atom stereocenters. The monoisotopic (exact) mass is 318 g/mol. The van der Waals surface area contributed by atoms with Crippen LogP contribution in [-0.2, 0) is 17.6 Å². The maximum atomic E-state index is 11.4. The van der Waals surface area contributed by atoms with Crippen LogP contribution in [0.15, 0.2) is 48.5 Å². The third-order valence-corrected chi connectivity index (χ3v) is 3.60. The molecule has 4 heteroatoms. The Morgan fingerprint density at radius 1 is 1.09 bits per heavy atom. The zero-order valence-corrected chi connectivity index (χ0v) is 13.2. The largest absolute Gasteiger partial charge is 0.478 e. The normalized spacial score (nSPS) is 11.9. The van der Waals surface area contributed by atoms with E-state index in [9.17, 15) is 9.90 Å². The highest BCUT2D eigenvalue weighted by Crippen LogP contribution is 2.18. The number of carbonyl (C=O) groups is 1. The summed E-state index contributed by atoms with van der Waals surface area (Å²) < 4.78 is 5.55. The van der Waals surface area contributed by atoms with Crippen LogP contribution in [0.4, 0.5) is 0 Å². The number of halogens is 1. The fraction of sp³-hybridized carbons (Fsp3) is 0.278. The summed E-state index contributed by atoms with van der Waals surface area (Å²) in [5.41, 5.74) is 2.21. The molecular formula is C18H19ClO3. The number of aryl methyl sites for hydroxylation is 1. The quantitative estimate of drug-likeness (QED) is 0.824. The lowest BCUT2D eigenvalue weighted by Gasteiger charge is -2.15. The average molecular weight is 319 g/mol. The van der Waals surface area contributed by atoms with E-state index in [0.717, 1.165) is 18.4 Å². The lowest BCUT2D eigenvalue weighted by Crippen LogP contribution is -2.29. The van der Waals surface area contributed by atoms with Gasteiger partial charge in [-0.15, -0.1) is 0 Å². The maximum absolute atomic E-state index is 11.4. The van der Waals surface area contributed by atoms with Gasteiger partial charge in [0.05, 0.1) is 0 Å². The van der Waals surface area contributed by atoms with Crippen molar-refractivity contribution in [3.05, 3.63) is 64.7 Å². The molecule has 0 amide bonds. The maximum Gasteiger partial charge on any atom is 0.345 e. The van der Waals surface area contributed by atoms with Crippen molar-refractivity contribution in [1.29, 1.82) is 0 Å². The Morgan fingerprint density at radius 2 is 1.68 bits per heavy atom. The smallest absolute Gasteiger partial charge is 0.345 e. The minimum absolute atomic E-state index is 0.324. The molecular weight excluding hydrogens is 300 g/mol. The summed E-state index contributed by atoms with van der Waals surface area (Å²) in [4.78, 5) is 11.4. The topological polar surface area (TPSA) is 46.5 Å². The molecule has 0 radical (unpaired) electrons. The number of ether oxygens (including phenoxy) is 1. The van der Waals surface area contributed by atoms with Gasteiger partial charge in [0, 0.05) is 11.4 Å². The van der Waals surface area contributed by atoms with Gasteiger partial charge in [-0.1, -0.05) is 49.2 Å². The van der Waals surface area contributed by atoms with Crippen molar-refractivity contribution in [2.24, 2.45) is 0 Å². The van der Waals surface area contributed by atoms with E-state index in [1.54, 1.807) is 24.3 Å². The highest BCUT2D eigenvalue weighted by Gasteiger charge is 2.20. The van der Waals surface area contributed by atoms with Gasteiger partial charge in [0.15, 0.2) is 6.10 Å². The van der Waals surface area contributed by atoms with Crippen molar-refractivity contribution in [1.82, 2.24) is 0 Å². The first-order chi connectivity index (χ1) is 10.6. The van der Waals surface area contributed by atoms with Crippen LogP contribution >= 0.6 is 11.6 Å². The summed E-state index contributed by atoms with van der Waals surface area (Å²) in [6.07, 6.45) is 1.53. The van der Waals surface area contributed by atoms with Crippen LogP contribution in [0.2, 0.25) is 5.02 Å². The van der Waals surface area contributed by atoms with Crippen molar-refractivity contribution < 1.29 is 14.6 Å². The first-order valence-corrected chi connectivity index (χ1v) is 7.69. The van der Waals surface area contributed by atoms with Crippen LogP contribution in [0.1, 0.15) is 24.5 Å². The molecule has 0 bridgehead atoms. The molecule has 0 spiro atoms. The van der Waals surface area contributed by atoms with Gasteiger partial charge < -0.3 is 9.84 Å². The molecule has 116 valence electrons. The number of rotatable bonds is 7. The van der Waals surface area contributed by atoms with Crippen LogP contribution < -0.4 is 4.74 Å². The zero-order chi connectivity index (χ0) is 15.9. The molecule has 2 rings (SSSR count).